The second-order valence-corrected chi connectivity index (χ2v) is 19.2. The summed E-state index contributed by atoms with van der Waals surface area (Å²) >= 11 is 0. The number of hydrogen-bond donors (Lipinski definition) is 0. The molecule has 9 heteroatoms. The van der Waals surface area contributed by atoms with Crippen LogP contribution in [0.15, 0.2) is 85.1 Å². The number of quaternary nitrogens is 1. The number of unbranched alkanes of at least 4 members (excludes halogenated alkanes) is 18. The molecule has 0 aromatic heterocycles. The molecule has 0 radical (unpaired) electrons. The van der Waals surface area contributed by atoms with E-state index in [4.69, 9.17) is 18.5 Å². The molecule has 0 saturated heterocycles. The van der Waals surface area contributed by atoms with E-state index >= 15 is 0 Å². The van der Waals surface area contributed by atoms with Gasteiger partial charge in [0.1, 0.15) is 19.3 Å². The van der Waals surface area contributed by atoms with Crippen LogP contribution in [0, 0.1) is 0 Å². The van der Waals surface area contributed by atoms with Crippen LogP contribution in [0.2, 0.25) is 0 Å². The zero-order valence-electron chi connectivity index (χ0n) is 41.2. The SMILES string of the molecule is CC/C=C\C/C=C\C/C=C\C/C=C\CCCCCCC(=O)OC(COCCCCCCCCCCC/C=C\C/C=C\C/C=C\CCCCCCC)COP(=O)([O-])OCC[N+](C)(C)C. The highest BCUT2D eigenvalue weighted by Gasteiger charge is 2.20. The molecule has 0 aromatic carbocycles. The van der Waals surface area contributed by atoms with E-state index in [0.29, 0.717) is 17.6 Å². The Labute approximate surface area is 388 Å². The highest BCUT2D eigenvalue weighted by Crippen LogP contribution is 2.38. The minimum Gasteiger partial charge on any atom is -0.756 e. The number of rotatable bonds is 46. The molecule has 0 amide bonds. The second-order valence-electron chi connectivity index (χ2n) is 17.8. The number of phosphoric ester groups is 1. The third-order valence-electron chi connectivity index (χ3n) is 10.4. The van der Waals surface area contributed by atoms with Crippen LogP contribution in [0.3, 0.4) is 0 Å². The van der Waals surface area contributed by atoms with Gasteiger partial charge in [0.15, 0.2) is 0 Å². The number of allylic oxidation sites excluding steroid dienone is 14. The predicted octanol–water partition coefficient (Wildman–Crippen LogP) is 15.0. The van der Waals surface area contributed by atoms with Crippen LogP contribution < -0.4 is 4.89 Å². The van der Waals surface area contributed by atoms with Crippen molar-refractivity contribution >= 4 is 13.8 Å². The van der Waals surface area contributed by atoms with Gasteiger partial charge in [0.2, 0.25) is 0 Å². The average Bonchev–Trinajstić information content (AvgIpc) is 3.24. The lowest BCUT2D eigenvalue weighted by Gasteiger charge is -2.28. The maximum atomic E-state index is 12.7. The number of nitrogens with zero attached hydrogens (tertiary/aromatic N) is 1. The molecule has 0 rings (SSSR count). The molecule has 0 N–H and O–H groups in total. The summed E-state index contributed by atoms with van der Waals surface area (Å²) in [6.07, 6.45) is 61.8. The van der Waals surface area contributed by atoms with Crippen molar-refractivity contribution < 1.29 is 37.3 Å². The number of esters is 1. The Hall–Kier alpha value is -2.32. The molecular formula is C54H96NO7P. The summed E-state index contributed by atoms with van der Waals surface area (Å²) in [6.45, 7) is 5.23. The van der Waals surface area contributed by atoms with Gasteiger partial charge < -0.3 is 27.9 Å². The lowest BCUT2D eigenvalue weighted by atomic mass is 10.1. The normalized spacial score (nSPS) is 14.3. The fourth-order valence-corrected chi connectivity index (χ4v) is 7.27. The van der Waals surface area contributed by atoms with E-state index in [1.807, 2.05) is 21.1 Å². The number of carbonyl (C=O) groups excluding carboxylic acids is 1. The Morgan fingerprint density at radius 1 is 0.508 bits per heavy atom. The van der Waals surface area contributed by atoms with E-state index in [1.165, 1.54) is 89.9 Å². The molecule has 2 unspecified atom stereocenters. The first-order valence-electron chi connectivity index (χ1n) is 25.3. The fraction of sp³-hybridized carbons (Fsp3) is 0.722. The van der Waals surface area contributed by atoms with Gasteiger partial charge in [-0.2, -0.15) is 0 Å². The summed E-state index contributed by atoms with van der Waals surface area (Å²) in [5.74, 6) is -0.362. The summed E-state index contributed by atoms with van der Waals surface area (Å²) in [7, 11) is 1.32. The largest absolute Gasteiger partial charge is 0.756 e. The maximum Gasteiger partial charge on any atom is 0.306 e. The highest BCUT2D eigenvalue weighted by molar-refractivity contribution is 7.45. The summed E-state index contributed by atoms with van der Waals surface area (Å²) in [5.41, 5.74) is 0. The first kappa shape index (κ1) is 60.7. The van der Waals surface area contributed by atoms with Gasteiger partial charge in [0.25, 0.3) is 7.82 Å². The molecule has 0 fully saturated rings. The van der Waals surface area contributed by atoms with Crippen LogP contribution >= 0.6 is 7.82 Å². The molecule has 0 aliphatic rings. The van der Waals surface area contributed by atoms with Crippen LogP contribution in [0.1, 0.15) is 194 Å². The smallest absolute Gasteiger partial charge is 0.306 e. The monoisotopic (exact) mass is 902 g/mol. The van der Waals surface area contributed by atoms with Crippen molar-refractivity contribution in [2.24, 2.45) is 0 Å². The molecule has 2 atom stereocenters. The number of phosphoric acid groups is 1. The van der Waals surface area contributed by atoms with Gasteiger partial charge >= 0.3 is 5.97 Å². The molecule has 63 heavy (non-hydrogen) atoms. The van der Waals surface area contributed by atoms with Crippen LogP contribution in [-0.2, 0) is 27.9 Å². The molecule has 0 heterocycles. The van der Waals surface area contributed by atoms with Gasteiger partial charge in [0, 0.05) is 13.0 Å². The highest BCUT2D eigenvalue weighted by atomic mass is 31.2. The zero-order chi connectivity index (χ0) is 46.2. The zero-order valence-corrected chi connectivity index (χ0v) is 42.1. The predicted molar refractivity (Wildman–Crippen MR) is 268 cm³/mol. The Kier molecular flexibility index (Phi) is 44.5. The van der Waals surface area contributed by atoms with Crippen molar-refractivity contribution in [1.82, 2.24) is 0 Å². The molecule has 0 aliphatic carbocycles. The van der Waals surface area contributed by atoms with Crippen LogP contribution in [-0.4, -0.2) is 70.7 Å². The Morgan fingerprint density at radius 2 is 0.921 bits per heavy atom. The topological polar surface area (TPSA) is 94.1 Å². The average molecular weight is 902 g/mol. The lowest BCUT2D eigenvalue weighted by Crippen LogP contribution is -2.37. The minimum atomic E-state index is -4.54. The van der Waals surface area contributed by atoms with Crippen LogP contribution in [0.5, 0.6) is 0 Å². The molecule has 0 aliphatic heterocycles. The molecule has 8 nitrogen and oxygen atoms in total. The second kappa shape index (κ2) is 46.2. The Balaban J connectivity index is 4.20. The van der Waals surface area contributed by atoms with Crippen molar-refractivity contribution in [3.63, 3.8) is 0 Å². The van der Waals surface area contributed by atoms with Crippen molar-refractivity contribution in [3.05, 3.63) is 85.1 Å². The van der Waals surface area contributed by atoms with E-state index in [1.54, 1.807) is 0 Å². The third-order valence-corrected chi connectivity index (χ3v) is 11.4. The van der Waals surface area contributed by atoms with Crippen LogP contribution in [0.4, 0.5) is 0 Å². The van der Waals surface area contributed by atoms with Gasteiger partial charge in [-0.15, -0.1) is 0 Å². The van der Waals surface area contributed by atoms with E-state index < -0.39 is 13.9 Å². The minimum absolute atomic E-state index is 0.0153. The van der Waals surface area contributed by atoms with Crippen molar-refractivity contribution in [2.45, 2.75) is 200 Å². The summed E-state index contributed by atoms with van der Waals surface area (Å²) in [5, 5.41) is 0. The first-order chi connectivity index (χ1) is 30.6. The van der Waals surface area contributed by atoms with Gasteiger partial charge in [-0.1, -0.05) is 182 Å². The molecule has 0 spiro atoms. The van der Waals surface area contributed by atoms with Gasteiger partial charge in [0.05, 0.1) is 34.4 Å². The fourth-order valence-electron chi connectivity index (χ4n) is 6.54. The first-order valence-corrected chi connectivity index (χ1v) is 26.8. The van der Waals surface area contributed by atoms with E-state index in [0.717, 1.165) is 83.5 Å². The maximum absolute atomic E-state index is 12.7. The Morgan fingerprint density at radius 3 is 1.38 bits per heavy atom. The van der Waals surface area contributed by atoms with E-state index in [-0.39, 0.29) is 32.2 Å². The summed E-state index contributed by atoms with van der Waals surface area (Å²) in [6, 6.07) is 0. The summed E-state index contributed by atoms with van der Waals surface area (Å²) in [4.78, 5) is 25.1. The van der Waals surface area contributed by atoms with Gasteiger partial charge in [-0.3, -0.25) is 9.36 Å². The molecule has 0 aromatic rings. The third kappa shape index (κ3) is 50.5. The Bertz CT molecular complexity index is 1280. The quantitative estimate of drug-likeness (QED) is 0.0197. The lowest BCUT2D eigenvalue weighted by molar-refractivity contribution is -0.870. The number of hydrogen-bond acceptors (Lipinski definition) is 7. The standard InChI is InChI=1S/C54H96NO7P/c1-6-8-10-12-14-16-18-20-22-24-25-26-27-28-29-30-32-34-36-38-40-42-44-46-49-59-51-53(52-61-63(57,58)60-50-48-55(3,4)5)62-54(56)47-45-43-41-39-37-35-33-31-23-21-19-17-15-13-11-9-7-2/h9,11,15,17-18,20-21,23-25,27-28,33,35,53H,6-8,10,12-14,16,19,22,26,29-32,34,36-52H2,1-5H3/b11-9-,17-15-,20-18-,23-21-,25-24-,28-27-,35-33-. The molecular weight excluding hydrogens is 806 g/mol. The van der Waals surface area contributed by atoms with Gasteiger partial charge in [-0.05, 0) is 89.9 Å². The van der Waals surface area contributed by atoms with Gasteiger partial charge in [-0.25, -0.2) is 0 Å². The molecule has 0 saturated carbocycles. The van der Waals surface area contributed by atoms with E-state index in [9.17, 15) is 14.3 Å². The number of likely N-dealkylation sites (N-methyl/N-ethyl adjacent to an activating group) is 1. The molecule has 0 bridgehead atoms. The van der Waals surface area contributed by atoms with Crippen molar-refractivity contribution in [1.29, 1.82) is 0 Å². The summed E-state index contributed by atoms with van der Waals surface area (Å²) < 4.78 is 34.7. The molecule has 364 valence electrons. The number of ether oxygens (including phenoxy) is 2. The van der Waals surface area contributed by atoms with Crippen LogP contribution in [0.25, 0.3) is 0 Å². The van der Waals surface area contributed by atoms with E-state index in [2.05, 4.69) is 98.9 Å². The van der Waals surface area contributed by atoms with Crippen molar-refractivity contribution in [3.8, 4) is 0 Å². The van der Waals surface area contributed by atoms with Crippen molar-refractivity contribution in [2.75, 3.05) is 54.1 Å². The number of carbonyl (C=O) groups is 1.